The minimum Gasteiger partial charge on any atom is -0.452 e. The molecule has 0 aliphatic rings. The van der Waals surface area contributed by atoms with Gasteiger partial charge in [-0.15, -0.1) is 0 Å². The van der Waals surface area contributed by atoms with Crippen molar-refractivity contribution < 1.29 is 19.1 Å². The van der Waals surface area contributed by atoms with Gasteiger partial charge < -0.3 is 15.4 Å². The average Bonchev–Trinajstić information content (AvgIpc) is 2.61. The van der Waals surface area contributed by atoms with E-state index in [0.717, 1.165) is 24.6 Å². The van der Waals surface area contributed by atoms with Crippen LogP contribution in [0.1, 0.15) is 37.0 Å². The molecule has 0 radical (unpaired) electrons. The SMILES string of the molecule is CCCNC(=O)COC(=O)c1cccnc1SCC(=O)NCCC. The summed E-state index contributed by atoms with van der Waals surface area (Å²) in [5, 5.41) is 5.78. The van der Waals surface area contributed by atoms with Gasteiger partial charge in [-0.25, -0.2) is 9.78 Å². The van der Waals surface area contributed by atoms with Crippen LogP contribution in [0, 0.1) is 0 Å². The van der Waals surface area contributed by atoms with Crippen molar-refractivity contribution in [3.05, 3.63) is 23.9 Å². The molecule has 2 amide bonds. The number of pyridine rings is 1. The third kappa shape index (κ3) is 7.45. The number of rotatable bonds is 10. The zero-order chi connectivity index (χ0) is 17.8. The summed E-state index contributed by atoms with van der Waals surface area (Å²) in [6.07, 6.45) is 3.21. The molecule has 0 atom stereocenters. The van der Waals surface area contributed by atoms with Crippen LogP contribution in [0.3, 0.4) is 0 Å². The number of carbonyl (C=O) groups excluding carboxylic acids is 3. The number of carbonyl (C=O) groups is 3. The van der Waals surface area contributed by atoms with E-state index in [-0.39, 0.29) is 29.7 Å². The van der Waals surface area contributed by atoms with Gasteiger partial charge in [0.2, 0.25) is 5.91 Å². The summed E-state index contributed by atoms with van der Waals surface area (Å²) in [5.74, 6) is -0.937. The normalized spacial score (nSPS) is 10.1. The molecule has 0 saturated carbocycles. The van der Waals surface area contributed by atoms with Crippen molar-refractivity contribution in [2.75, 3.05) is 25.4 Å². The fourth-order valence-corrected chi connectivity index (χ4v) is 2.45. The van der Waals surface area contributed by atoms with Crippen molar-refractivity contribution >= 4 is 29.5 Å². The molecular weight excluding hydrogens is 330 g/mol. The highest BCUT2D eigenvalue weighted by atomic mass is 32.2. The number of ether oxygens (including phenoxy) is 1. The van der Waals surface area contributed by atoms with Crippen LogP contribution in [0.2, 0.25) is 0 Å². The van der Waals surface area contributed by atoms with Gasteiger partial charge in [-0.3, -0.25) is 9.59 Å². The maximum Gasteiger partial charge on any atom is 0.341 e. The maximum atomic E-state index is 12.1. The Kier molecular flexibility index (Phi) is 9.52. The molecule has 0 bridgehead atoms. The zero-order valence-corrected chi connectivity index (χ0v) is 14.8. The number of nitrogens with zero attached hydrogens (tertiary/aromatic N) is 1. The van der Waals surface area contributed by atoms with Crippen molar-refractivity contribution in [3.8, 4) is 0 Å². The van der Waals surface area contributed by atoms with E-state index < -0.39 is 5.97 Å². The number of hydrogen-bond acceptors (Lipinski definition) is 6. The van der Waals surface area contributed by atoms with E-state index in [1.54, 1.807) is 12.1 Å². The Morgan fingerprint density at radius 2 is 1.79 bits per heavy atom. The van der Waals surface area contributed by atoms with E-state index in [4.69, 9.17) is 4.74 Å². The largest absolute Gasteiger partial charge is 0.452 e. The minimum absolute atomic E-state index is 0.120. The fraction of sp³-hybridized carbons (Fsp3) is 0.500. The topological polar surface area (TPSA) is 97.4 Å². The first-order valence-corrected chi connectivity index (χ1v) is 8.85. The van der Waals surface area contributed by atoms with Crippen LogP contribution in [0.15, 0.2) is 23.4 Å². The second kappa shape index (κ2) is 11.4. The first-order chi connectivity index (χ1) is 11.6. The summed E-state index contributed by atoms with van der Waals surface area (Å²) >= 11 is 1.16. The van der Waals surface area contributed by atoms with Gasteiger partial charge in [-0.2, -0.15) is 0 Å². The summed E-state index contributed by atoms with van der Waals surface area (Å²) in [7, 11) is 0. The number of amides is 2. The Bertz CT molecular complexity index is 566. The summed E-state index contributed by atoms with van der Waals surface area (Å²) < 4.78 is 4.99. The van der Waals surface area contributed by atoms with E-state index in [0.29, 0.717) is 18.1 Å². The molecule has 1 aromatic heterocycles. The number of hydrogen-bond donors (Lipinski definition) is 2. The first kappa shape index (κ1) is 20.0. The Labute approximate surface area is 145 Å². The highest BCUT2D eigenvalue weighted by Gasteiger charge is 2.16. The lowest BCUT2D eigenvalue weighted by Crippen LogP contribution is -2.29. The Morgan fingerprint density at radius 3 is 2.46 bits per heavy atom. The lowest BCUT2D eigenvalue weighted by molar-refractivity contribution is -0.124. The van der Waals surface area contributed by atoms with E-state index >= 15 is 0 Å². The molecule has 2 N–H and O–H groups in total. The highest BCUT2D eigenvalue weighted by molar-refractivity contribution is 8.00. The molecule has 1 rings (SSSR count). The summed E-state index contributed by atoms with van der Waals surface area (Å²) in [6.45, 7) is 4.72. The van der Waals surface area contributed by atoms with E-state index in [1.807, 2.05) is 13.8 Å². The molecule has 1 aromatic rings. The molecule has 24 heavy (non-hydrogen) atoms. The third-order valence-electron chi connectivity index (χ3n) is 2.81. The molecule has 0 aliphatic heterocycles. The van der Waals surface area contributed by atoms with E-state index in [9.17, 15) is 14.4 Å². The first-order valence-electron chi connectivity index (χ1n) is 7.86. The maximum absolute atomic E-state index is 12.1. The second-order valence-corrected chi connectivity index (χ2v) is 5.88. The predicted molar refractivity (Wildman–Crippen MR) is 91.8 cm³/mol. The number of esters is 1. The van der Waals surface area contributed by atoms with Gasteiger partial charge in [0.15, 0.2) is 6.61 Å². The quantitative estimate of drug-likeness (QED) is 0.487. The predicted octanol–water partition coefficient (Wildman–Crippen LogP) is 1.38. The molecule has 0 aliphatic carbocycles. The van der Waals surface area contributed by atoms with E-state index in [2.05, 4.69) is 15.6 Å². The molecule has 0 aromatic carbocycles. The van der Waals surface area contributed by atoms with Crippen molar-refractivity contribution in [1.82, 2.24) is 15.6 Å². The number of aromatic nitrogens is 1. The van der Waals surface area contributed by atoms with Gasteiger partial charge in [-0.1, -0.05) is 25.6 Å². The van der Waals surface area contributed by atoms with Crippen LogP contribution in [-0.2, 0) is 14.3 Å². The van der Waals surface area contributed by atoms with Crippen molar-refractivity contribution in [3.63, 3.8) is 0 Å². The molecule has 7 nitrogen and oxygen atoms in total. The number of thioether (sulfide) groups is 1. The molecule has 1 heterocycles. The van der Waals surface area contributed by atoms with Crippen molar-refractivity contribution in [1.29, 1.82) is 0 Å². The number of nitrogens with one attached hydrogen (secondary N) is 2. The monoisotopic (exact) mass is 353 g/mol. The average molecular weight is 353 g/mol. The minimum atomic E-state index is -0.633. The molecule has 132 valence electrons. The second-order valence-electron chi connectivity index (χ2n) is 4.92. The smallest absolute Gasteiger partial charge is 0.341 e. The van der Waals surface area contributed by atoms with Crippen LogP contribution in [0.4, 0.5) is 0 Å². The molecule has 0 unspecified atom stereocenters. The van der Waals surface area contributed by atoms with Gasteiger partial charge in [0.05, 0.1) is 11.3 Å². The summed E-state index contributed by atoms with van der Waals surface area (Å²) in [5.41, 5.74) is 0.245. The Balaban J connectivity index is 2.56. The molecule has 0 saturated heterocycles. The van der Waals surface area contributed by atoms with Gasteiger partial charge in [0.25, 0.3) is 5.91 Å². The molecule has 8 heteroatoms. The van der Waals surface area contributed by atoms with Crippen LogP contribution in [0.25, 0.3) is 0 Å². The van der Waals surface area contributed by atoms with Gasteiger partial charge in [-0.05, 0) is 25.0 Å². The Hall–Kier alpha value is -2.09. The van der Waals surface area contributed by atoms with Crippen molar-refractivity contribution in [2.45, 2.75) is 31.7 Å². The van der Waals surface area contributed by atoms with Gasteiger partial charge in [0.1, 0.15) is 5.03 Å². The van der Waals surface area contributed by atoms with Crippen LogP contribution >= 0.6 is 11.8 Å². The van der Waals surface area contributed by atoms with Gasteiger partial charge >= 0.3 is 5.97 Å². The third-order valence-corrected chi connectivity index (χ3v) is 3.82. The van der Waals surface area contributed by atoms with E-state index in [1.165, 1.54) is 6.20 Å². The van der Waals surface area contributed by atoms with Gasteiger partial charge in [0, 0.05) is 19.3 Å². The van der Waals surface area contributed by atoms with Crippen LogP contribution < -0.4 is 10.6 Å². The Morgan fingerprint density at radius 1 is 1.12 bits per heavy atom. The lowest BCUT2D eigenvalue weighted by atomic mass is 10.3. The van der Waals surface area contributed by atoms with Crippen molar-refractivity contribution in [2.24, 2.45) is 0 Å². The fourth-order valence-electron chi connectivity index (χ4n) is 1.63. The van der Waals surface area contributed by atoms with Crippen LogP contribution in [0.5, 0.6) is 0 Å². The standard InChI is InChI=1S/C16H23N3O4S/c1-3-7-17-13(20)10-23-16(22)12-6-5-9-19-15(12)24-11-14(21)18-8-4-2/h5-6,9H,3-4,7-8,10-11H2,1-2H3,(H,17,20)(H,18,21). The summed E-state index contributed by atoms with van der Waals surface area (Å²) in [4.78, 5) is 39.3. The summed E-state index contributed by atoms with van der Waals surface area (Å²) in [6, 6.07) is 3.17. The molecule has 0 spiro atoms. The van der Waals surface area contributed by atoms with Crippen LogP contribution in [-0.4, -0.2) is 48.2 Å². The highest BCUT2D eigenvalue weighted by Crippen LogP contribution is 2.20. The zero-order valence-electron chi connectivity index (χ0n) is 14.0. The molecular formula is C16H23N3O4S. The molecule has 0 fully saturated rings. The lowest BCUT2D eigenvalue weighted by Gasteiger charge is -2.09.